The van der Waals surface area contributed by atoms with Gasteiger partial charge < -0.3 is 16.0 Å². The van der Waals surface area contributed by atoms with E-state index in [0.717, 1.165) is 45.4 Å². The lowest BCUT2D eigenvalue weighted by atomic mass is 9.97. The Bertz CT molecular complexity index is 270. The van der Waals surface area contributed by atoms with Crippen molar-refractivity contribution in [2.75, 3.05) is 26.2 Å². The average Bonchev–Trinajstić information content (AvgIpc) is 2.34. The number of hydrogen-bond acceptors (Lipinski definition) is 2. The molecule has 1 saturated heterocycles. The highest BCUT2D eigenvalue weighted by molar-refractivity contribution is 5.78. The van der Waals surface area contributed by atoms with Gasteiger partial charge in [0.2, 0.25) is 5.91 Å². The van der Waals surface area contributed by atoms with E-state index in [2.05, 4.69) is 22.1 Å². The summed E-state index contributed by atoms with van der Waals surface area (Å²) in [7, 11) is 0. The minimum atomic E-state index is 0.0523. The Labute approximate surface area is 103 Å². The van der Waals surface area contributed by atoms with Gasteiger partial charge in [-0.05, 0) is 25.2 Å². The van der Waals surface area contributed by atoms with E-state index in [-0.39, 0.29) is 5.91 Å². The lowest BCUT2D eigenvalue weighted by Crippen LogP contribution is -2.44. The normalized spacial score (nSPS) is 18.2. The topological polar surface area (TPSA) is 70.7 Å². The first-order valence-corrected chi connectivity index (χ1v) is 6.42. The predicted octanol–water partition coefficient (Wildman–Crippen LogP) is 0.559. The molecule has 17 heavy (non-hydrogen) atoms. The molecule has 1 rings (SSSR count). The Morgan fingerprint density at radius 1 is 1.47 bits per heavy atom. The van der Waals surface area contributed by atoms with E-state index in [1.165, 1.54) is 0 Å². The molecule has 98 valence electrons. The third-order valence-corrected chi connectivity index (χ3v) is 3.08. The molecular formula is C12H24N4O. The van der Waals surface area contributed by atoms with Gasteiger partial charge in [-0.25, -0.2) is 0 Å². The summed E-state index contributed by atoms with van der Waals surface area (Å²) in [5.41, 5.74) is 5.91. The zero-order valence-electron chi connectivity index (χ0n) is 10.9. The van der Waals surface area contributed by atoms with Crippen molar-refractivity contribution in [3.8, 4) is 0 Å². The van der Waals surface area contributed by atoms with Gasteiger partial charge in [0.05, 0.1) is 0 Å². The van der Waals surface area contributed by atoms with Gasteiger partial charge in [-0.15, -0.1) is 0 Å². The molecule has 5 heteroatoms. The molecule has 0 atom stereocenters. The number of nitrogens with one attached hydrogen (secondary N) is 1. The van der Waals surface area contributed by atoms with Gasteiger partial charge in [0.25, 0.3) is 0 Å². The monoisotopic (exact) mass is 240 g/mol. The van der Waals surface area contributed by atoms with E-state index in [1.807, 2.05) is 0 Å². The highest BCUT2D eigenvalue weighted by Gasteiger charge is 2.20. The highest BCUT2D eigenvalue weighted by atomic mass is 16.1. The lowest BCUT2D eigenvalue weighted by Gasteiger charge is -2.32. The van der Waals surface area contributed by atoms with Crippen LogP contribution in [0.4, 0.5) is 0 Å². The van der Waals surface area contributed by atoms with E-state index < -0.39 is 0 Å². The van der Waals surface area contributed by atoms with Gasteiger partial charge >= 0.3 is 0 Å². The highest BCUT2D eigenvalue weighted by Crippen LogP contribution is 2.15. The summed E-state index contributed by atoms with van der Waals surface area (Å²) >= 11 is 0. The summed E-state index contributed by atoms with van der Waals surface area (Å²) in [5, 5.41) is 2.87. The van der Waals surface area contributed by atoms with Crippen molar-refractivity contribution < 1.29 is 4.79 Å². The first kappa shape index (κ1) is 13.8. The van der Waals surface area contributed by atoms with Gasteiger partial charge in [0, 0.05) is 33.1 Å². The molecule has 0 aromatic rings. The first-order valence-electron chi connectivity index (χ1n) is 6.42. The van der Waals surface area contributed by atoms with Crippen molar-refractivity contribution in [2.45, 2.75) is 33.1 Å². The molecule has 5 nitrogen and oxygen atoms in total. The van der Waals surface area contributed by atoms with E-state index in [0.29, 0.717) is 11.9 Å². The fourth-order valence-corrected chi connectivity index (χ4v) is 1.98. The van der Waals surface area contributed by atoms with Gasteiger partial charge in [0.1, 0.15) is 0 Å². The molecule has 1 aliphatic heterocycles. The summed E-state index contributed by atoms with van der Waals surface area (Å²) < 4.78 is 0. The zero-order valence-corrected chi connectivity index (χ0v) is 10.9. The van der Waals surface area contributed by atoms with Crippen molar-refractivity contribution in [1.82, 2.24) is 10.2 Å². The van der Waals surface area contributed by atoms with Gasteiger partial charge in [0.15, 0.2) is 5.96 Å². The smallest absolute Gasteiger partial charge is 0.216 e. The second kappa shape index (κ2) is 7.14. The molecular weight excluding hydrogens is 216 g/mol. The molecule has 0 unspecified atom stereocenters. The molecule has 0 aromatic carbocycles. The number of aliphatic imine (C=N–C) groups is 1. The van der Waals surface area contributed by atoms with E-state index in [4.69, 9.17) is 5.73 Å². The van der Waals surface area contributed by atoms with Crippen molar-refractivity contribution in [2.24, 2.45) is 16.6 Å². The van der Waals surface area contributed by atoms with Gasteiger partial charge in [-0.1, -0.05) is 6.92 Å². The minimum absolute atomic E-state index is 0.0523. The summed E-state index contributed by atoms with van der Waals surface area (Å²) in [5.74, 6) is 1.30. The number of rotatable bonds is 4. The van der Waals surface area contributed by atoms with Gasteiger partial charge in [-0.3, -0.25) is 9.79 Å². The second-order valence-corrected chi connectivity index (χ2v) is 4.61. The number of nitrogens with zero attached hydrogens (tertiary/aromatic N) is 2. The number of guanidine groups is 1. The summed E-state index contributed by atoms with van der Waals surface area (Å²) in [6.07, 6.45) is 3.17. The Morgan fingerprint density at radius 3 is 2.65 bits per heavy atom. The van der Waals surface area contributed by atoms with Crippen molar-refractivity contribution >= 4 is 11.9 Å². The third kappa shape index (κ3) is 5.06. The molecule has 1 amide bonds. The Kier molecular flexibility index (Phi) is 5.80. The van der Waals surface area contributed by atoms with E-state index >= 15 is 0 Å². The number of carbonyl (C=O) groups excluding carboxylic acids is 1. The molecule has 0 bridgehead atoms. The Balaban J connectivity index is 2.27. The van der Waals surface area contributed by atoms with Crippen LogP contribution in [0.2, 0.25) is 0 Å². The Morgan fingerprint density at radius 2 is 2.12 bits per heavy atom. The summed E-state index contributed by atoms with van der Waals surface area (Å²) in [4.78, 5) is 17.3. The van der Waals surface area contributed by atoms with E-state index in [1.54, 1.807) is 6.92 Å². The maximum Gasteiger partial charge on any atom is 0.216 e. The first-order chi connectivity index (χ1) is 8.13. The van der Waals surface area contributed by atoms with Crippen molar-refractivity contribution in [3.63, 3.8) is 0 Å². The molecule has 3 N–H and O–H groups in total. The molecule has 0 spiro atoms. The molecule has 0 aromatic heterocycles. The quantitative estimate of drug-likeness (QED) is 0.557. The number of piperidine rings is 1. The summed E-state index contributed by atoms with van der Waals surface area (Å²) in [6, 6.07) is 0. The number of nitrogens with two attached hydrogens (primary N) is 1. The molecule has 0 aliphatic carbocycles. The zero-order chi connectivity index (χ0) is 12.7. The molecule has 0 saturated carbocycles. The van der Waals surface area contributed by atoms with Crippen LogP contribution >= 0.6 is 0 Å². The van der Waals surface area contributed by atoms with Crippen LogP contribution < -0.4 is 11.1 Å². The molecule has 1 fully saturated rings. The maximum absolute atomic E-state index is 10.8. The molecule has 0 radical (unpaired) electrons. The van der Waals surface area contributed by atoms with Crippen LogP contribution in [0.3, 0.4) is 0 Å². The maximum atomic E-state index is 10.8. The van der Waals surface area contributed by atoms with Crippen LogP contribution in [0.1, 0.15) is 33.1 Å². The van der Waals surface area contributed by atoms with E-state index in [9.17, 15) is 4.79 Å². The van der Waals surface area contributed by atoms with Crippen LogP contribution in [0.5, 0.6) is 0 Å². The van der Waals surface area contributed by atoms with Crippen LogP contribution in [0, 0.1) is 5.92 Å². The molecule has 1 aliphatic rings. The largest absolute Gasteiger partial charge is 0.370 e. The number of amides is 1. The van der Waals surface area contributed by atoms with Crippen LogP contribution in [0.15, 0.2) is 4.99 Å². The average molecular weight is 240 g/mol. The predicted molar refractivity (Wildman–Crippen MR) is 69.8 cm³/mol. The van der Waals surface area contributed by atoms with Crippen LogP contribution in [-0.2, 0) is 4.79 Å². The third-order valence-electron chi connectivity index (χ3n) is 3.08. The number of likely N-dealkylation sites (tertiary alicyclic amines) is 1. The fraction of sp³-hybridized carbons (Fsp3) is 0.833. The van der Waals surface area contributed by atoms with Crippen molar-refractivity contribution in [1.29, 1.82) is 0 Å². The number of hydrogen-bond donors (Lipinski definition) is 2. The molecule has 1 heterocycles. The standard InChI is InChI=1S/C12H24N4O/c1-3-6-14-12(13)16-7-4-11(5-8-16)9-15-10(2)17/h11H,3-9H2,1-2H3,(H2,13,14)(H,15,17). The Hall–Kier alpha value is -1.26. The fourth-order valence-electron chi connectivity index (χ4n) is 1.98. The minimum Gasteiger partial charge on any atom is -0.370 e. The van der Waals surface area contributed by atoms with Crippen LogP contribution in [0.25, 0.3) is 0 Å². The van der Waals surface area contributed by atoms with Gasteiger partial charge in [-0.2, -0.15) is 0 Å². The SMILES string of the molecule is CCCN=C(N)N1CCC(CNC(C)=O)CC1. The van der Waals surface area contributed by atoms with Crippen molar-refractivity contribution in [3.05, 3.63) is 0 Å². The number of carbonyl (C=O) groups is 1. The van der Waals surface area contributed by atoms with Crippen LogP contribution in [-0.4, -0.2) is 42.9 Å². The lowest BCUT2D eigenvalue weighted by molar-refractivity contribution is -0.119. The summed E-state index contributed by atoms with van der Waals surface area (Å²) in [6.45, 7) is 7.14. The second-order valence-electron chi connectivity index (χ2n) is 4.61.